The van der Waals surface area contributed by atoms with Gasteiger partial charge in [0.2, 0.25) is 11.8 Å². The Morgan fingerprint density at radius 1 is 1.35 bits per heavy atom. The van der Waals surface area contributed by atoms with Crippen molar-refractivity contribution in [3.8, 4) is 11.5 Å². The van der Waals surface area contributed by atoms with Crippen molar-refractivity contribution in [1.29, 1.82) is 0 Å². The number of benzene rings is 1. The molecule has 1 saturated heterocycles. The highest BCUT2D eigenvalue weighted by Gasteiger charge is 2.24. The van der Waals surface area contributed by atoms with Crippen LogP contribution < -0.4 is 5.32 Å². The van der Waals surface area contributed by atoms with Crippen LogP contribution in [-0.4, -0.2) is 34.9 Å². The van der Waals surface area contributed by atoms with E-state index in [0.717, 1.165) is 43.1 Å². The minimum absolute atomic E-state index is 0.0345. The van der Waals surface area contributed by atoms with E-state index in [4.69, 9.17) is 21.0 Å². The van der Waals surface area contributed by atoms with Crippen molar-refractivity contribution >= 4 is 17.5 Å². The molecule has 0 spiro atoms. The second kappa shape index (κ2) is 8.69. The zero-order chi connectivity index (χ0) is 18.5. The molecule has 0 aliphatic carbocycles. The molecular weight excluding hydrogens is 350 g/mol. The van der Waals surface area contributed by atoms with Gasteiger partial charge >= 0.3 is 0 Å². The summed E-state index contributed by atoms with van der Waals surface area (Å²) in [6, 6.07) is 8.02. The molecule has 1 amide bonds. The quantitative estimate of drug-likeness (QED) is 0.822. The summed E-state index contributed by atoms with van der Waals surface area (Å²) in [6.45, 7) is 6.11. The lowest BCUT2D eigenvalue weighted by atomic mass is 9.99. The third kappa shape index (κ3) is 4.86. The molecule has 1 fully saturated rings. The van der Waals surface area contributed by atoms with E-state index in [1.165, 1.54) is 19.3 Å². The van der Waals surface area contributed by atoms with Gasteiger partial charge in [-0.05, 0) is 57.0 Å². The number of nitrogens with one attached hydrogen (secondary N) is 1. The summed E-state index contributed by atoms with van der Waals surface area (Å²) in [7, 11) is 0. The lowest BCUT2D eigenvalue weighted by Gasteiger charge is -2.35. The average Bonchev–Trinajstić information content (AvgIpc) is 2.97. The van der Waals surface area contributed by atoms with Crippen LogP contribution in [0.25, 0.3) is 11.5 Å². The van der Waals surface area contributed by atoms with E-state index in [1.54, 1.807) is 6.92 Å². The van der Waals surface area contributed by atoms with Crippen molar-refractivity contribution in [3.05, 3.63) is 40.7 Å². The molecule has 140 valence electrons. The Bertz CT molecular complexity index is 742. The Balaban J connectivity index is 1.68. The van der Waals surface area contributed by atoms with Crippen LogP contribution in [0.1, 0.15) is 44.1 Å². The molecule has 0 radical (unpaired) electrons. The Hall–Kier alpha value is -1.85. The number of piperidine rings is 1. The fourth-order valence-electron chi connectivity index (χ4n) is 3.49. The number of aromatic nitrogens is 1. The number of amides is 1. The fraction of sp³-hybridized carbons (Fsp3) is 0.500. The van der Waals surface area contributed by atoms with Gasteiger partial charge in [0.15, 0.2) is 0 Å². The SMILES string of the molecule is CC(=O)NCCC1CCCCN1Cc1nc(-c2ccc(Cl)cc2)oc1C. The minimum atomic E-state index is 0.0345. The zero-order valence-corrected chi connectivity index (χ0v) is 16.2. The molecule has 2 heterocycles. The van der Waals surface area contributed by atoms with Crippen LogP contribution in [0.5, 0.6) is 0 Å². The standard InChI is InChI=1S/C20H26ClN3O2/c1-14-19(23-20(26-14)16-6-8-17(21)9-7-16)13-24-12-4-3-5-18(24)10-11-22-15(2)25/h6-9,18H,3-5,10-13H2,1-2H3,(H,22,25). The van der Waals surface area contributed by atoms with E-state index in [-0.39, 0.29) is 5.91 Å². The average molecular weight is 376 g/mol. The second-order valence-corrected chi connectivity index (χ2v) is 7.36. The molecule has 2 aromatic rings. The van der Waals surface area contributed by atoms with Crippen molar-refractivity contribution in [1.82, 2.24) is 15.2 Å². The Morgan fingerprint density at radius 2 is 2.12 bits per heavy atom. The van der Waals surface area contributed by atoms with E-state index in [9.17, 15) is 4.79 Å². The smallest absolute Gasteiger partial charge is 0.226 e. The summed E-state index contributed by atoms with van der Waals surface area (Å²) in [5.74, 6) is 1.54. The molecule has 1 aromatic carbocycles. The summed E-state index contributed by atoms with van der Waals surface area (Å²) in [4.78, 5) is 18.3. The number of aryl methyl sites for hydroxylation is 1. The van der Waals surface area contributed by atoms with Crippen LogP contribution in [-0.2, 0) is 11.3 Å². The van der Waals surface area contributed by atoms with E-state index in [2.05, 4.69) is 10.2 Å². The highest BCUT2D eigenvalue weighted by Crippen LogP contribution is 2.26. The third-order valence-electron chi connectivity index (χ3n) is 4.94. The van der Waals surface area contributed by atoms with Crippen molar-refractivity contribution in [2.24, 2.45) is 0 Å². The lowest BCUT2D eigenvalue weighted by Crippen LogP contribution is -2.41. The van der Waals surface area contributed by atoms with Crippen molar-refractivity contribution in [2.75, 3.05) is 13.1 Å². The zero-order valence-electron chi connectivity index (χ0n) is 15.4. The maximum atomic E-state index is 11.1. The Labute approximate surface area is 159 Å². The number of likely N-dealkylation sites (tertiary alicyclic amines) is 1. The summed E-state index contributed by atoms with van der Waals surface area (Å²) in [5.41, 5.74) is 1.92. The maximum absolute atomic E-state index is 11.1. The number of hydrogen-bond acceptors (Lipinski definition) is 4. The van der Waals surface area contributed by atoms with Crippen LogP contribution in [0.4, 0.5) is 0 Å². The number of hydrogen-bond donors (Lipinski definition) is 1. The number of oxazole rings is 1. The normalized spacial score (nSPS) is 18.0. The first-order chi connectivity index (χ1) is 12.5. The van der Waals surface area contributed by atoms with E-state index >= 15 is 0 Å². The molecule has 26 heavy (non-hydrogen) atoms. The van der Waals surface area contributed by atoms with Crippen LogP contribution in [0.2, 0.25) is 5.02 Å². The largest absolute Gasteiger partial charge is 0.441 e. The van der Waals surface area contributed by atoms with Crippen molar-refractivity contribution in [2.45, 2.75) is 52.1 Å². The number of rotatable bonds is 6. The van der Waals surface area contributed by atoms with Gasteiger partial charge in [-0.2, -0.15) is 0 Å². The Kier molecular flexibility index (Phi) is 6.33. The highest BCUT2D eigenvalue weighted by molar-refractivity contribution is 6.30. The summed E-state index contributed by atoms with van der Waals surface area (Å²) >= 11 is 5.96. The maximum Gasteiger partial charge on any atom is 0.226 e. The van der Waals surface area contributed by atoms with E-state index < -0.39 is 0 Å². The van der Waals surface area contributed by atoms with Crippen molar-refractivity contribution in [3.63, 3.8) is 0 Å². The number of carbonyl (C=O) groups excluding carboxylic acids is 1. The molecule has 6 heteroatoms. The van der Waals surface area contributed by atoms with Gasteiger partial charge in [0.25, 0.3) is 0 Å². The minimum Gasteiger partial charge on any atom is -0.441 e. The molecule has 1 unspecified atom stereocenters. The predicted molar refractivity (Wildman–Crippen MR) is 103 cm³/mol. The van der Waals surface area contributed by atoms with Gasteiger partial charge in [-0.1, -0.05) is 18.0 Å². The van der Waals surface area contributed by atoms with E-state index in [1.807, 2.05) is 31.2 Å². The molecule has 5 nitrogen and oxygen atoms in total. The molecule has 0 bridgehead atoms. The van der Waals surface area contributed by atoms with Crippen LogP contribution in [0, 0.1) is 6.92 Å². The summed E-state index contributed by atoms with van der Waals surface area (Å²) < 4.78 is 5.89. The second-order valence-electron chi connectivity index (χ2n) is 6.92. The summed E-state index contributed by atoms with van der Waals surface area (Å²) in [5, 5.41) is 3.61. The van der Waals surface area contributed by atoms with Gasteiger partial charge in [0.05, 0.1) is 5.69 Å². The van der Waals surface area contributed by atoms with Crippen LogP contribution in [0.15, 0.2) is 28.7 Å². The third-order valence-corrected chi connectivity index (χ3v) is 5.19. The van der Waals surface area contributed by atoms with Gasteiger partial charge in [0, 0.05) is 36.6 Å². The van der Waals surface area contributed by atoms with Gasteiger partial charge in [0.1, 0.15) is 5.76 Å². The first-order valence-electron chi connectivity index (χ1n) is 9.23. The number of nitrogens with zero attached hydrogens (tertiary/aromatic N) is 2. The molecule has 3 rings (SSSR count). The topological polar surface area (TPSA) is 58.4 Å². The molecule has 1 aromatic heterocycles. The lowest BCUT2D eigenvalue weighted by molar-refractivity contribution is -0.119. The predicted octanol–water partition coefficient (Wildman–Crippen LogP) is 4.18. The van der Waals surface area contributed by atoms with Crippen LogP contribution >= 0.6 is 11.6 Å². The summed E-state index contributed by atoms with van der Waals surface area (Å²) in [6.07, 6.45) is 4.59. The molecule has 1 aliphatic heterocycles. The molecule has 1 atom stereocenters. The highest BCUT2D eigenvalue weighted by atomic mass is 35.5. The Morgan fingerprint density at radius 3 is 2.85 bits per heavy atom. The molecule has 1 aliphatic rings. The molecular formula is C20H26ClN3O2. The van der Waals surface area contributed by atoms with Crippen LogP contribution in [0.3, 0.4) is 0 Å². The first-order valence-corrected chi connectivity index (χ1v) is 9.61. The van der Waals surface area contributed by atoms with E-state index in [0.29, 0.717) is 17.0 Å². The first kappa shape index (κ1) is 18.9. The monoisotopic (exact) mass is 375 g/mol. The number of halogens is 1. The number of carbonyl (C=O) groups is 1. The van der Waals surface area contributed by atoms with Gasteiger partial charge < -0.3 is 9.73 Å². The molecule has 1 N–H and O–H groups in total. The van der Waals surface area contributed by atoms with Crippen molar-refractivity contribution < 1.29 is 9.21 Å². The van der Waals surface area contributed by atoms with Gasteiger partial charge in [-0.3, -0.25) is 9.69 Å². The fourth-order valence-corrected chi connectivity index (χ4v) is 3.62. The molecule has 0 saturated carbocycles. The van der Waals surface area contributed by atoms with Gasteiger partial charge in [-0.25, -0.2) is 4.98 Å². The van der Waals surface area contributed by atoms with Gasteiger partial charge in [-0.15, -0.1) is 0 Å².